The molecule has 6 heteroatoms. The van der Waals surface area contributed by atoms with Crippen LogP contribution in [-0.2, 0) is 10.0 Å². The van der Waals surface area contributed by atoms with Crippen LogP contribution in [0.1, 0.15) is 0 Å². The Morgan fingerprint density at radius 2 is 1.53 bits per heavy atom. The molecule has 0 aromatic heterocycles. The zero-order valence-electron chi connectivity index (χ0n) is 10.0. The van der Waals surface area contributed by atoms with Crippen molar-refractivity contribution in [2.45, 2.75) is 4.90 Å². The Balaban J connectivity index is 2.39. The highest BCUT2D eigenvalue weighted by atomic mass is 79.9. The van der Waals surface area contributed by atoms with Crippen LogP contribution in [0.3, 0.4) is 0 Å². The molecule has 0 fully saturated rings. The van der Waals surface area contributed by atoms with Crippen LogP contribution in [0, 0.1) is 0 Å². The number of halogens is 2. The lowest BCUT2D eigenvalue weighted by Gasteiger charge is -2.19. The van der Waals surface area contributed by atoms with E-state index >= 15 is 0 Å². The van der Waals surface area contributed by atoms with E-state index in [2.05, 4.69) is 15.9 Å². The van der Waals surface area contributed by atoms with E-state index < -0.39 is 10.0 Å². The minimum atomic E-state index is -3.55. The summed E-state index contributed by atoms with van der Waals surface area (Å²) in [6, 6.07) is 13.2. The van der Waals surface area contributed by atoms with Crippen molar-refractivity contribution in [3.63, 3.8) is 0 Å². The summed E-state index contributed by atoms with van der Waals surface area (Å²) in [7, 11) is -2.04. The monoisotopic (exact) mass is 359 g/mol. The average molecular weight is 361 g/mol. The van der Waals surface area contributed by atoms with Crippen LogP contribution in [0.15, 0.2) is 57.9 Å². The molecular formula is C13H11BrClNO2S. The predicted molar refractivity (Wildman–Crippen MR) is 81.2 cm³/mol. The summed E-state index contributed by atoms with van der Waals surface area (Å²) in [4.78, 5) is 0.244. The second-order valence-electron chi connectivity index (χ2n) is 3.90. The maximum atomic E-state index is 12.4. The van der Waals surface area contributed by atoms with Crippen molar-refractivity contribution < 1.29 is 8.42 Å². The molecule has 2 rings (SSSR count). The normalized spacial score (nSPS) is 11.3. The molecule has 0 bridgehead atoms. The van der Waals surface area contributed by atoms with Crippen molar-refractivity contribution in [2.24, 2.45) is 0 Å². The van der Waals surface area contributed by atoms with Gasteiger partial charge in [-0.3, -0.25) is 4.31 Å². The molecule has 0 amide bonds. The van der Waals surface area contributed by atoms with Gasteiger partial charge in [0.25, 0.3) is 10.0 Å². The van der Waals surface area contributed by atoms with Crippen LogP contribution in [0.2, 0.25) is 5.02 Å². The SMILES string of the molecule is CN(c1ccc(Cl)cc1)S(=O)(=O)c1ccc(Br)cc1. The first-order valence-electron chi connectivity index (χ1n) is 5.41. The van der Waals surface area contributed by atoms with Gasteiger partial charge in [0.15, 0.2) is 0 Å². The maximum absolute atomic E-state index is 12.4. The fraction of sp³-hybridized carbons (Fsp3) is 0.0769. The lowest BCUT2D eigenvalue weighted by molar-refractivity contribution is 0.594. The fourth-order valence-corrected chi connectivity index (χ4v) is 3.14. The fourth-order valence-electron chi connectivity index (χ4n) is 1.55. The largest absolute Gasteiger partial charge is 0.269 e. The van der Waals surface area contributed by atoms with E-state index in [4.69, 9.17) is 11.6 Å². The number of nitrogens with zero attached hydrogens (tertiary/aromatic N) is 1. The molecule has 0 aliphatic rings. The van der Waals surface area contributed by atoms with Gasteiger partial charge < -0.3 is 0 Å². The molecule has 3 nitrogen and oxygen atoms in total. The van der Waals surface area contributed by atoms with Crippen LogP contribution in [0.4, 0.5) is 5.69 Å². The number of benzene rings is 2. The summed E-state index contributed by atoms with van der Waals surface area (Å²) in [6.07, 6.45) is 0. The van der Waals surface area contributed by atoms with E-state index in [-0.39, 0.29) is 4.90 Å². The predicted octanol–water partition coefficient (Wildman–Crippen LogP) is 3.93. The highest BCUT2D eigenvalue weighted by molar-refractivity contribution is 9.10. The number of anilines is 1. The van der Waals surface area contributed by atoms with Gasteiger partial charge in [0.2, 0.25) is 0 Å². The molecule has 2 aromatic carbocycles. The summed E-state index contributed by atoms with van der Waals surface area (Å²) in [6.45, 7) is 0. The first kappa shape index (κ1) is 14.4. The van der Waals surface area contributed by atoms with Crippen LogP contribution >= 0.6 is 27.5 Å². The Morgan fingerprint density at radius 3 is 2.05 bits per heavy atom. The lowest BCUT2D eigenvalue weighted by atomic mass is 10.3. The Bertz CT molecular complexity index is 669. The van der Waals surface area contributed by atoms with Crippen LogP contribution < -0.4 is 4.31 Å². The third-order valence-electron chi connectivity index (χ3n) is 2.66. The van der Waals surface area contributed by atoms with Gasteiger partial charge in [0.05, 0.1) is 10.6 Å². The van der Waals surface area contributed by atoms with Crippen molar-refractivity contribution in [2.75, 3.05) is 11.4 Å². The Hall–Kier alpha value is -1.04. The van der Waals surface area contributed by atoms with Gasteiger partial charge >= 0.3 is 0 Å². The van der Waals surface area contributed by atoms with E-state index in [9.17, 15) is 8.42 Å². The van der Waals surface area contributed by atoms with E-state index in [0.717, 1.165) is 4.47 Å². The lowest BCUT2D eigenvalue weighted by Crippen LogP contribution is -2.26. The van der Waals surface area contributed by atoms with Gasteiger partial charge in [-0.25, -0.2) is 8.42 Å². The van der Waals surface area contributed by atoms with Crippen molar-refractivity contribution >= 4 is 43.2 Å². The van der Waals surface area contributed by atoms with Gasteiger partial charge in [0.1, 0.15) is 0 Å². The molecule has 0 unspecified atom stereocenters. The number of hydrogen-bond acceptors (Lipinski definition) is 2. The molecular weight excluding hydrogens is 350 g/mol. The number of sulfonamides is 1. The zero-order valence-corrected chi connectivity index (χ0v) is 13.2. The first-order valence-corrected chi connectivity index (χ1v) is 8.02. The molecule has 2 aromatic rings. The molecule has 0 atom stereocenters. The van der Waals surface area contributed by atoms with Crippen molar-refractivity contribution in [3.05, 3.63) is 58.0 Å². The summed E-state index contributed by atoms with van der Waals surface area (Å²) >= 11 is 9.07. The number of rotatable bonds is 3. The van der Waals surface area contributed by atoms with E-state index in [1.54, 1.807) is 48.5 Å². The molecule has 0 aliphatic heterocycles. The third-order valence-corrected chi connectivity index (χ3v) is 5.24. The Kier molecular flexibility index (Phi) is 4.18. The van der Waals surface area contributed by atoms with Crippen molar-refractivity contribution in [3.8, 4) is 0 Å². The molecule has 0 aliphatic carbocycles. The van der Waals surface area contributed by atoms with E-state index in [0.29, 0.717) is 10.7 Å². The van der Waals surface area contributed by atoms with Gasteiger partial charge in [-0.2, -0.15) is 0 Å². The van der Waals surface area contributed by atoms with Gasteiger partial charge in [-0.15, -0.1) is 0 Å². The van der Waals surface area contributed by atoms with Crippen molar-refractivity contribution in [1.82, 2.24) is 0 Å². The average Bonchev–Trinajstić information content (AvgIpc) is 2.39. The first-order chi connectivity index (χ1) is 8.91. The van der Waals surface area contributed by atoms with Gasteiger partial charge in [-0.1, -0.05) is 27.5 Å². The molecule has 100 valence electrons. The maximum Gasteiger partial charge on any atom is 0.264 e. The molecule has 0 N–H and O–H groups in total. The Labute approximate surface area is 126 Å². The van der Waals surface area contributed by atoms with Crippen molar-refractivity contribution in [1.29, 1.82) is 0 Å². The second kappa shape index (κ2) is 5.53. The molecule has 0 radical (unpaired) electrons. The molecule has 0 saturated carbocycles. The highest BCUT2D eigenvalue weighted by Crippen LogP contribution is 2.24. The van der Waals surface area contributed by atoms with Crippen LogP contribution in [0.25, 0.3) is 0 Å². The van der Waals surface area contributed by atoms with Gasteiger partial charge in [0, 0.05) is 16.5 Å². The quantitative estimate of drug-likeness (QED) is 0.832. The smallest absolute Gasteiger partial charge is 0.264 e. The van der Waals surface area contributed by atoms with E-state index in [1.165, 1.54) is 11.4 Å². The minimum absolute atomic E-state index is 0.244. The summed E-state index contributed by atoms with van der Waals surface area (Å²) < 4.78 is 26.9. The van der Waals surface area contributed by atoms with Crippen LogP contribution in [0.5, 0.6) is 0 Å². The van der Waals surface area contributed by atoms with Crippen LogP contribution in [-0.4, -0.2) is 15.5 Å². The topological polar surface area (TPSA) is 37.4 Å². The second-order valence-corrected chi connectivity index (χ2v) is 7.22. The number of hydrogen-bond donors (Lipinski definition) is 0. The van der Waals surface area contributed by atoms with E-state index in [1.807, 2.05) is 0 Å². The summed E-state index contributed by atoms with van der Waals surface area (Å²) in [5.74, 6) is 0. The van der Waals surface area contributed by atoms with Gasteiger partial charge in [-0.05, 0) is 48.5 Å². The summed E-state index contributed by atoms with van der Waals surface area (Å²) in [5.41, 5.74) is 0.562. The molecule has 0 heterocycles. The molecule has 0 saturated heterocycles. The minimum Gasteiger partial charge on any atom is -0.269 e. The Morgan fingerprint density at radius 1 is 1.00 bits per heavy atom. The standard InChI is InChI=1S/C13H11BrClNO2S/c1-16(12-6-4-11(15)5-7-12)19(17,18)13-8-2-10(14)3-9-13/h2-9H,1H3. The highest BCUT2D eigenvalue weighted by Gasteiger charge is 2.20. The zero-order chi connectivity index (χ0) is 14.0. The molecule has 0 spiro atoms. The summed E-state index contributed by atoms with van der Waals surface area (Å²) in [5, 5.41) is 0.568. The molecule has 19 heavy (non-hydrogen) atoms. The third kappa shape index (κ3) is 3.11.